The number of thiophene rings is 1. The molecule has 0 saturated heterocycles. The van der Waals surface area contributed by atoms with E-state index in [1.807, 2.05) is 6.07 Å². The van der Waals surface area contributed by atoms with Crippen molar-refractivity contribution in [1.82, 2.24) is 9.55 Å². The molecule has 0 aliphatic heterocycles. The first-order valence-electron chi connectivity index (χ1n) is 7.78. The van der Waals surface area contributed by atoms with Crippen LogP contribution in [0.25, 0.3) is 10.7 Å². The maximum Gasteiger partial charge on any atom is 0.512 e. The van der Waals surface area contributed by atoms with Crippen molar-refractivity contribution in [2.45, 2.75) is 0 Å². The fraction of sp³-hybridized carbons (Fsp3) is 0.0588. The average Bonchev–Trinajstić information content (AvgIpc) is 3.10. The summed E-state index contributed by atoms with van der Waals surface area (Å²) in [4.78, 5) is 39.4. The normalized spacial score (nSPS) is 10.3. The summed E-state index contributed by atoms with van der Waals surface area (Å²) in [5, 5.41) is 25.5. The van der Waals surface area contributed by atoms with Crippen molar-refractivity contribution in [3.05, 3.63) is 52.1 Å². The fourth-order valence-corrected chi connectivity index (χ4v) is 3.19. The molecule has 144 valence electrons. The van der Waals surface area contributed by atoms with Gasteiger partial charge < -0.3 is 25.6 Å². The highest BCUT2D eigenvalue weighted by atomic mass is 32.1. The average molecular weight is 402 g/mol. The highest BCUT2D eigenvalue weighted by molar-refractivity contribution is 7.14. The molecule has 0 saturated carbocycles. The molecule has 4 N–H and O–H groups in total. The molecule has 0 spiro atoms. The fourth-order valence-electron chi connectivity index (χ4n) is 2.31. The molecule has 0 atom stereocenters. The van der Waals surface area contributed by atoms with Crippen LogP contribution in [0, 0.1) is 0 Å². The minimum Gasteiger partial charge on any atom is -0.499 e. The lowest BCUT2D eigenvalue weighted by atomic mass is 10.3. The predicted molar refractivity (Wildman–Crippen MR) is 102 cm³/mol. The van der Waals surface area contributed by atoms with Gasteiger partial charge in [-0.15, -0.1) is 11.3 Å². The Morgan fingerprint density at radius 1 is 1.18 bits per heavy atom. The van der Waals surface area contributed by atoms with E-state index in [4.69, 9.17) is 5.11 Å². The van der Waals surface area contributed by atoms with Crippen LogP contribution in [0.1, 0.15) is 0 Å². The van der Waals surface area contributed by atoms with Crippen LogP contribution in [-0.2, 0) is 7.05 Å². The lowest BCUT2D eigenvalue weighted by Gasteiger charge is -2.12. The molecular weight excluding hydrogens is 388 g/mol. The number of anilines is 2. The third kappa shape index (κ3) is 3.94. The summed E-state index contributed by atoms with van der Waals surface area (Å²) in [7, 11) is 1.35. The predicted octanol–water partition coefficient (Wildman–Crippen LogP) is 2.92. The molecule has 2 amide bonds. The Hall–Kier alpha value is -3.86. The zero-order chi connectivity index (χ0) is 20.3. The molecule has 0 radical (unpaired) electrons. The van der Waals surface area contributed by atoms with E-state index in [2.05, 4.69) is 20.4 Å². The molecule has 28 heavy (non-hydrogen) atoms. The van der Waals surface area contributed by atoms with Crippen LogP contribution in [0.5, 0.6) is 11.6 Å². The number of urea groups is 1. The van der Waals surface area contributed by atoms with Gasteiger partial charge in [0.05, 0.1) is 10.6 Å². The summed E-state index contributed by atoms with van der Waals surface area (Å²) in [6.45, 7) is 0. The highest BCUT2D eigenvalue weighted by Crippen LogP contribution is 2.34. The van der Waals surface area contributed by atoms with Crippen molar-refractivity contribution in [1.29, 1.82) is 0 Å². The van der Waals surface area contributed by atoms with E-state index < -0.39 is 29.4 Å². The Morgan fingerprint density at radius 3 is 2.57 bits per heavy atom. The van der Waals surface area contributed by atoms with Gasteiger partial charge in [-0.3, -0.25) is 9.36 Å². The molecule has 1 aromatic carbocycles. The zero-order valence-corrected chi connectivity index (χ0v) is 15.2. The van der Waals surface area contributed by atoms with Gasteiger partial charge in [0, 0.05) is 12.7 Å². The van der Waals surface area contributed by atoms with Crippen molar-refractivity contribution in [2.75, 3.05) is 10.6 Å². The Balaban J connectivity index is 1.93. The second kappa shape index (κ2) is 7.80. The first kappa shape index (κ1) is 18.9. The van der Waals surface area contributed by atoms with Crippen molar-refractivity contribution < 1.29 is 24.5 Å². The Bertz CT molecular complexity index is 1090. The molecular formula is C17H14N4O6S. The van der Waals surface area contributed by atoms with Gasteiger partial charge in [0.25, 0.3) is 11.4 Å². The number of amides is 2. The molecule has 0 aliphatic carbocycles. The molecule has 0 fully saturated rings. The van der Waals surface area contributed by atoms with Crippen molar-refractivity contribution in [2.24, 2.45) is 7.05 Å². The summed E-state index contributed by atoms with van der Waals surface area (Å²) in [5.41, 5.74) is 0.0336. The van der Waals surface area contributed by atoms with Gasteiger partial charge in [-0.1, -0.05) is 18.2 Å². The van der Waals surface area contributed by atoms with Gasteiger partial charge in [0.2, 0.25) is 5.75 Å². The van der Waals surface area contributed by atoms with Crippen LogP contribution < -0.4 is 20.9 Å². The third-order valence-electron chi connectivity index (χ3n) is 3.57. The van der Waals surface area contributed by atoms with Crippen LogP contribution in [0.3, 0.4) is 0 Å². The molecule has 0 bridgehead atoms. The van der Waals surface area contributed by atoms with E-state index in [9.17, 15) is 19.5 Å². The number of hydrogen-bond acceptors (Lipinski definition) is 7. The molecule has 3 aromatic rings. The van der Waals surface area contributed by atoms with E-state index in [-0.39, 0.29) is 5.82 Å². The minimum absolute atomic E-state index is 0.0176. The molecule has 2 heterocycles. The summed E-state index contributed by atoms with van der Waals surface area (Å²) >= 11 is 1.16. The van der Waals surface area contributed by atoms with Crippen molar-refractivity contribution in [3.63, 3.8) is 0 Å². The van der Waals surface area contributed by atoms with Crippen LogP contribution in [0.15, 0.2) is 46.6 Å². The standard InChI is InChI=1S/C17H14N4O6S/c1-21-13(20-14(27-17(25)26)11(22)15(21)23)12-10(7-8-28-12)19-16(24)18-9-5-3-2-4-6-9/h2-8,22H,1H3,(H,25,26)(H2,18,19,24). The van der Waals surface area contributed by atoms with E-state index in [0.717, 1.165) is 15.9 Å². The number of benzene rings is 1. The molecule has 11 heteroatoms. The monoisotopic (exact) mass is 402 g/mol. The molecule has 3 rings (SSSR count). The van der Waals surface area contributed by atoms with Gasteiger partial charge >= 0.3 is 12.2 Å². The first-order valence-corrected chi connectivity index (χ1v) is 8.66. The maximum atomic E-state index is 12.2. The second-order valence-electron chi connectivity index (χ2n) is 5.43. The number of nitrogens with one attached hydrogen (secondary N) is 2. The van der Waals surface area contributed by atoms with Gasteiger partial charge in [0.15, 0.2) is 5.82 Å². The second-order valence-corrected chi connectivity index (χ2v) is 6.35. The van der Waals surface area contributed by atoms with Crippen molar-refractivity contribution in [3.8, 4) is 22.3 Å². The maximum absolute atomic E-state index is 12.2. The number of aromatic nitrogens is 2. The Morgan fingerprint density at radius 2 is 1.89 bits per heavy atom. The van der Waals surface area contributed by atoms with Gasteiger partial charge in [-0.2, -0.15) is 4.98 Å². The Labute approximate surface area is 161 Å². The lowest BCUT2D eigenvalue weighted by molar-refractivity contribution is 0.140. The number of rotatable bonds is 4. The van der Waals surface area contributed by atoms with Gasteiger partial charge in [0.1, 0.15) is 0 Å². The number of ether oxygens (including phenoxy) is 1. The van der Waals surface area contributed by atoms with Crippen LogP contribution >= 0.6 is 11.3 Å². The van der Waals surface area contributed by atoms with Gasteiger partial charge in [-0.05, 0) is 23.6 Å². The number of carbonyl (C=O) groups excluding carboxylic acids is 1. The third-order valence-corrected chi connectivity index (χ3v) is 4.48. The number of nitrogens with zero attached hydrogens (tertiary/aromatic N) is 2. The number of carbonyl (C=O) groups is 2. The van der Waals surface area contributed by atoms with E-state index in [0.29, 0.717) is 16.3 Å². The van der Waals surface area contributed by atoms with Crippen LogP contribution in [0.2, 0.25) is 0 Å². The SMILES string of the molecule is Cn1c(-c2sccc2NC(=O)Nc2ccccc2)nc(OC(=O)O)c(O)c1=O. The van der Waals surface area contributed by atoms with Crippen LogP contribution in [0.4, 0.5) is 21.0 Å². The van der Waals surface area contributed by atoms with Crippen molar-refractivity contribution >= 4 is 34.9 Å². The smallest absolute Gasteiger partial charge is 0.499 e. The highest BCUT2D eigenvalue weighted by Gasteiger charge is 2.21. The first-order chi connectivity index (χ1) is 13.4. The summed E-state index contributed by atoms with van der Waals surface area (Å²) < 4.78 is 5.39. The molecule has 10 nitrogen and oxygen atoms in total. The number of para-hydroxylation sites is 1. The van der Waals surface area contributed by atoms with Crippen LogP contribution in [-0.4, -0.2) is 32.0 Å². The Kier molecular flexibility index (Phi) is 5.27. The topological polar surface area (TPSA) is 143 Å². The van der Waals surface area contributed by atoms with E-state index in [1.54, 1.807) is 35.7 Å². The number of aromatic hydroxyl groups is 1. The molecule has 2 aromatic heterocycles. The minimum atomic E-state index is -1.73. The quantitative estimate of drug-likeness (QED) is 0.491. The molecule has 0 aliphatic rings. The summed E-state index contributed by atoms with van der Waals surface area (Å²) in [5.74, 6) is -1.65. The summed E-state index contributed by atoms with van der Waals surface area (Å²) in [6.07, 6.45) is -1.73. The van der Waals surface area contributed by atoms with E-state index >= 15 is 0 Å². The zero-order valence-electron chi connectivity index (χ0n) is 14.4. The van der Waals surface area contributed by atoms with E-state index in [1.165, 1.54) is 7.05 Å². The number of carboxylic acid groups (broad SMARTS) is 1. The molecule has 0 unspecified atom stereocenters. The largest absolute Gasteiger partial charge is 0.512 e. The summed E-state index contributed by atoms with van der Waals surface area (Å²) in [6, 6.07) is 9.87. The number of hydrogen-bond donors (Lipinski definition) is 4. The lowest BCUT2D eigenvalue weighted by Crippen LogP contribution is -2.22. The van der Waals surface area contributed by atoms with Gasteiger partial charge in [-0.25, -0.2) is 9.59 Å².